The SMILES string of the molecule is CC[C@@H](CO)n1c(=S)[nH]c2cc(OC)c(OC)cc2c1=O. The van der Waals surface area contributed by atoms with Crippen molar-refractivity contribution in [2.24, 2.45) is 0 Å². The number of aliphatic hydroxyl groups is 1. The highest BCUT2D eigenvalue weighted by Gasteiger charge is 2.16. The van der Waals surface area contributed by atoms with Crippen LogP contribution in [-0.2, 0) is 0 Å². The van der Waals surface area contributed by atoms with E-state index in [9.17, 15) is 9.90 Å². The summed E-state index contributed by atoms with van der Waals surface area (Å²) in [6.45, 7) is 1.74. The number of hydrogen-bond acceptors (Lipinski definition) is 5. The van der Waals surface area contributed by atoms with Gasteiger partial charge >= 0.3 is 0 Å². The predicted molar refractivity (Wildman–Crippen MR) is 82.9 cm³/mol. The van der Waals surface area contributed by atoms with Gasteiger partial charge in [0, 0.05) is 6.07 Å². The number of nitrogens with one attached hydrogen (secondary N) is 1. The lowest BCUT2D eigenvalue weighted by Crippen LogP contribution is -2.28. The second kappa shape index (κ2) is 6.28. The van der Waals surface area contributed by atoms with Crippen molar-refractivity contribution in [1.29, 1.82) is 0 Å². The summed E-state index contributed by atoms with van der Waals surface area (Å²) in [5.74, 6) is 0.984. The summed E-state index contributed by atoms with van der Waals surface area (Å²) >= 11 is 5.24. The van der Waals surface area contributed by atoms with E-state index in [4.69, 9.17) is 21.7 Å². The number of ether oxygens (including phenoxy) is 2. The molecule has 0 fully saturated rings. The molecule has 2 aromatic rings. The number of rotatable bonds is 5. The summed E-state index contributed by atoms with van der Waals surface area (Å²) in [4.78, 5) is 15.7. The molecule has 1 aromatic heterocycles. The van der Waals surface area contributed by atoms with E-state index in [0.717, 1.165) is 0 Å². The van der Waals surface area contributed by atoms with Crippen LogP contribution < -0.4 is 15.0 Å². The van der Waals surface area contributed by atoms with Crippen molar-refractivity contribution in [3.63, 3.8) is 0 Å². The second-order valence-electron chi connectivity index (χ2n) is 4.60. The Morgan fingerprint density at radius 3 is 2.48 bits per heavy atom. The highest BCUT2D eigenvalue weighted by atomic mass is 32.1. The molecule has 1 heterocycles. The number of aromatic nitrogens is 2. The molecule has 114 valence electrons. The van der Waals surface area contributed by atoms with Gasteiger partial charge in [0.15, 0.2) is 16.3 Å². The summed E-state index contributed by atoms with van der Waals surface area (Å²) < 4.78 is 12.1. The van der Waals surface area contributed by atoms with Crippen LogP contribution in [0.15, 0.2) is 16.9 Å². The van der Waals surface area contributed by atoms with E-state index in [1.54, 1.807) is 12.1 Å². The van der Waals surface area contributed by atoms with Crippen LogP contribution in [0.25, 0.3) is 10.9 Å². The van der Waals surface area contributed by atoms with E-state index in [0.29, 0.717) is 28.8 Å². The lowest BCUT2D eigenvalue weighted by atomic mass is 10.2. The van der Waals surface area contributed by atoms with Crippen molar-refractivity contribution >= 4 is 23.1 Å². The zero-order chi connectivity index (χ0) is 15.6. The summed E-state index contributed by atoms with van der Waals surface area (Å²) in [7, 11) is 3.04. The minimum Gasteiger partial charge on any atom is -0.493 e. The first kappa shape index (κ1) is 15.5. The molecule has 0 amide bonds. The molecule has 1 aromatic carbocycles. The Kier molecular flexibility index (Phi) is 4.64. The minimum absolute atomic E-state index is 0.146. The van der Waals surface area contributed by atoms with E-state index in [1.165, 1.54) is 18.8 Å². The molecule has 0 aliphatic carbocycles. The molecule has 6 nitrogen and oxygen atoms in total. The molecule has 0 radical (unpaired) electrons. The van der Waals surface area contributed by atoms with Gasteiger partial charge in [-0.15, -0.1) is 0 Å². The quantitative estimate of drug-likeness (QED) is 0.826. The average molecular weight is 310 g/mol. The molecular weight excluding hydrogens is 292 g/mol. The first-order chi connectivity index (χ1) is 10.1. The zero-order valence-corrected chi connectivity index (χ0v) is 13.0. The minimum atomic E-state index is -0.348. The molecule has 7 heteroatoms. The molecule has 2 rings (SSSR count). The third-order valence-corrected chi connectivity index (χ3v) is 3.78. The Balaban J connectivity index is 2.82. The monoisotopic (exact) mass is 310 g/mol. The van der Waals surface area contributed by atoms with Crippen molar-refractivity contribution in [1.82, 2.24) is 9.55 Å². The lowest BCUT2D eigenvalue weighted by molar-refractivity contribution is 0.220. The maximum Gasteiger partial charge on any atom is 0.262 e. The van der Waals surface area contributed by atoms with Crippen molar-refractivity contribution in [3.05, 3.63) is 27.3 Å². The van der Waals surface area contributed by atoms with Gasteiger partial charge in [-0.3, -0.25) is 9.36 Å². The normalized spacial score (nSPS) is 12.4. The van der Waals surface area contributed by atoms with E-state index in [-0.39, 0.29) is 23.0 Å². The first-order valence-electron chi connectivity index (χ1n) is 6.58. The molecule has 21 heavy (non-hydrogen) atoms. The fourth-order valence-corrected chi connectivity index (χ4v) is 2.62. The number of fused-ring (bicyclic) bond motifs is 1. The van der Waals surface area contributed by atoms with Crippen molar-refractivity contribution < 1.29 is 14.6 Å². The van der Waals surface area contributed by atoms with Crippen LogP contribution in [0.4, 0.5) is 0 Å². The molecule has 0 bridgehead atoms. The Hall–Kier alpha value is -1.86. The molecule has 0 aliphatic heterocycles. The van der Waals surface area contributed by atoms with Crippen molar-refractivity contribution in [2.45, 2.75) is 19.4 Å². The molecule has 0 aliphatic rings. The van der Waals surface area contributed by atoms with Gasteiger partial charge in [0.2, 0.25) is 0 Å². The highest BCUT2D eigenvalue weighted by molar-refractivity contribution is 7.71. The van der Waals surface area contributed by atoms with E-state index < -0.39 is 0 Å². The van der Waals surface area contributed by atoms with Crippen LogP contribution >= 0.6 is 12.2 Å². The summed E-state index contributed by atoms with van der Waals surface area (Å²) in [5, 5.41) is 9.86. The zero-order valence-electron chi connectivity index (χ0n) is 12.2. The van der Waals surface area contributed by atoms with Gasteiger partial charge in [-0.25, -0.2) is 0 Å². The topological polar surface area (TPSA) is 76.5 Å². The van der Waals surface area contributed by atoms with Crippen LogP contribution in [0.2, 0.25) is 0 Å². The van der Waals surface area contributed by atoms with E-state index in [2.05, 4.69) is 4.98 Å². The molecule has 1 atom stereocenters. The first-order valence-corrected chi connectivity index (χ1v) is 6.99. The number of benzene rings is 1. The summed E-state index contributed by atoms with van der Waals surface area (Å²) in [5.41, 5.74) is 0.322. The fraction of sp³-hybridized carbons (Fsp3) is 0.429. The number of nitrogens with zero attached hydrogens (tertiary/aromatic N) is 1. The van der Waals surface area contributed by atoms with Gasteiger partial charge in [0.25, 0.3) is 5.56 Å². The van der Waals surface area contributed by atoms with Crippen LogP contribution in [0.1, 0.15) is 19.4 Å². The molecule has 0 spiro atoms. The third kappa shape index (κ3) is 2.66. The molecule has 2 N–H and O–H groups in total. The van der Waals surface area contributed by atoms with Crippen molar-refractivity contribution in [2.75, 3.05) is 20.8 Å². The largest absolute Gasteiger partial charge is 0.493 e. The third-order valence-electron chi connectivity index (χ3n) is 3.48. The Labute approximate surface area is 126 Å². The average Bonchev–Trinajstić information content (AvgIpc) is 2.50. The van der Waals surface area contributed by atoms with Gasteiger partial charge in [-0.1, -0.05) is 6.92 Å². The Morgan fingerprint density at radius 1 is 1.33 bits per heavy atom. The standard InChI is InChI=1S/C14H18N2O4S/c1-4-8(7-17)16-13(18)9-5-11(19-2)12(20-3)6-10(9)15-14(16)21/h5-6,8,17H,4,7H2,1-3H3,(H,15,21)/t8-/m0/s1. The number of aliphatic hydroxyl groups excluding tert-OH is 1. The van der Waals surface area contributed by atoms with Crippen molar-refractivity contribution in [3.8, 4) is 11.5 Å². The van der Waals surface area contributed by atoms with Gasteiger partial charge in [-0.2, -0.15) is 0 Å². The maximum atomic E-state index is 12.6. The molecule has 0 unspecified atom stereocenters. The summed E-state index contributed by atoms with van der Waals surface area (Å²) in [6, 6.07) is 2.94. The smallest absolute Gasteiger partial charge is 0.262 e. The van der Waals surface area contributed by atoms with Gasteiger partial charge < -0.3 is 19.6 Å². The fourth-order valence-electron chi connectivity index (χ4n) is 2.28. The van der Waals surface area contributed by atoms with Crippen LogP contribution in [0.3, 0.4) is 0 Å². The van der Waals surface area contributed by atoms with Gasteiger partial charge in [0.1, 0.15) is 0 Å². The van der Waals surface area contributed by atoms with Gasteiger partial charge in [-0.05, 0) is 24.7 Å². The van der Waals surface area contributed by atoms with E-state index >= 15 is 0 Å². The molecule has 0 saturated carbocycles. The number of methoxy groups -OCH3 is 2. The van der Waals surface area contributed by atoms with Crippen LogP contribution in [-0.4, -0.2) is 35.5 Å². The lowest BCUT2D eigenvalue weighted by Gasteiger charge is -2.17. The number of aromatic amines is 1. The summed E-state index contributed by atoms with van der Waals surface area (Å²) in [6.07, 6.45) is 0.604. The Morgan fingerprint density at radius 2 is 1.95 bits per heavy atom. The molecule has 0 saturated heterocycles. The highest BCUT2D eigenvalue weighted by Crippen LogP contribution is 2.30. The molecular formula is C14H18N2O4S. The Bertz CT molecular complexity index is 762. The van der Waals surface area contributed by atoms with Gasteiger partial charge in [0.05, 0.1) is 37.8 Å². The number of H-pyrrole nitrogens is 1. The van der Waals surface area contributed by atoms with Crippen LogP contribution in [0.5, 0.6) is 11.5 Å². The van der Waals surface area contributed by atoms with E-state index in [1.807, 2.05) is 6.92 Å². The maximum absolute atomic E-state index is 12.6. The predicted octanol–water partition coefficient (Wildman–Crippen LogP) is 2.02. The second-order valence-corrected chi connectivity index (χ2v) is 4.99. The number of hydrogen-bond donors (Lipinski definition) is 2. The van der Waals surface area contributed by atoms with Crippen LogP contribution in [0, 0.1) is 4.77 Å².